The molecule has 160 valence electrons. The molecular weight excluding hydrogens is 372 g/mol. The van der Waals surface area contributed by atoms with Crippen LogP contribution >= 0.6 is 0 Å². The summed E-state index contributed by atoms with van der Waals surface area (Å²) in [5, 5.41) is 14.3. The highest BCUT2D eigenvalue weighted by Crippen LogP contribution is 2.27. The standard InChI is InChI=1S/C25H34N4O/c1-5-23-20(12-13-27-25(23)26)15-18(3)28-19(4)24(30)21-7-6-14-29(16-21)22-10-8-17(2)9-11-22/h8-13,15,21,24,28,30H,4-7,14,16H2,1-3H3,(H2,26,27)/b18-15+. The van der Waals surface area contributed by atoms with Gasteiger partial charge >= 0.3 is 0 Å². The number of pyridine rings is 1. The van der Waals surface area contributed by atoms with Crippen molar-refractivity contribution in [2.24, 2.45) is 5.92 Å². The average Bonchev–Trinajstić information content (AvgIpc) is 2.74. The number of piperidine rings is 1. The molecule has 1 fully saturated rings. The number of benzene rings is 1. The largest absolute Gasteiger partial charge is 0.387 e. The number of nitrogens with two attached hydrogens (primary N) is 1. The van der Waals surface area contributed by atoms with Crippen molar-refractivity contribution in [1.82, 2.24) is 10.3 Å². The number of nitrogen functional groups attached to an aromatic ring is 1. The summed E-state index contributed by atoms with van der Waals surface area (Å²) >= 11 is 0. The predicted octanol–water partition coefficient (Wildman–Crippen LogP) is 4.28. The highest BCUT2D eigenvalue weighted by atomic mass is 16.3. The summed E-state index contributed by atoms with van der Waals surface area (Å²) < 4.78 is 0. The minimum Gasteiger partial charge on any atom is -0.387 e. The van der Waals surface area contributed by atoms with Gasteiger partial charge in [0.15, 0.2) is 0 Å². The number of rotatable bonds is 7. The van der Waals surface area contributed by atoms with Crippen LogP contribution in [0.15, 0.2) is 54.5 Å². The number of anilines is 2. The number of aromatic nitrogens is 1. The molecule has 5 heteroatoms. The van der Waals surface area contributed by atoms with Crippen LogP contribution in [0, 0.1) is 12.8 Å². The number of allylic oxidation sites excluding steroid dienone is 1. The van der Waals surface area contributed by atoms with Crippen molar-refractivity contribution in [2.75, 3.05) is 23.7 Å². The van der Waals surface area contributed by atoms with Crippen molar-refractivity contribution in [3.8, 4) is 0 Å². The Morgan fingerprint density at radius 1 is 1.37 bits per heavy atom. The third-order valence-electron chi connectivity index (χ3n) is 5.87. The molecule has 30 heavy (non-hydrogen) atoms. The minimum absolute atomic E-state index is 0.149. The maximum atomic E-state index is 11.0. The summed E-state index contributed by atoms with van der Waals surface area (Å²) in [5.41, 5.74) is 12.1. The van der Waals surface area contributed by atoms with Crippen molar-refractivity contribution >= 4 is 17.6 Å². The molecular formula is C25H34N4O. The van der Waals surface area contributed by atoms with Crippen LogP contribution in [0.3, 0.4) is 0 Å². The second-order valence-electron chi connectivity index (χ2n) is 8.22. The van der Waals surface area contributed by atoms with Gasteiger partial charge in [0.2, 0.25) is 0 Å². The fraction of sp³-hybridized carbons (Fsp3) is 0.400. The maximum Gasteiger partial charge on any atom is 0.127 e. The molecule has 2 heterocycles. The molecule has 5 nitrogen and oxygen atoms in total. The SMILES string of the molecule is C=C(N/C(C)=C/c1ccnc(N)c1CC)C(O)C1CCCN(c2ccc(C)cc2)C1. The first-order valence-corrected chi connectivity index (χ1v) is 10.8. The van der Waals surface area contributed by atoms with Crippen LogP contribution in [-0.4, -0.2) is 29.3 Å². The van der Waals surface area contributed by atoms with E-state index in [1.165, 1.54) is 11.3 Å². The van der Waals surface area contributed by atoms with Crippen LogP contribution < -0.4 is 16.0 Å². The molecule has 1 aromatic heterocycles. The summed E-state index contributed by atoms with van der Waals surface area (Å²) in [6.07, 6.45) is 6.03. The monoisotopic (exact) mass is 406 g/mol. The van der Waals surface area contributed by atoms with Crippen molar-refractivity contribution in [2.45, 2.75) is 46.1 Å². The predicted molar refractivity (Wildman–Crippen MR) is 126 cm³/mol. The summed E-state index contributed by atoms with van der Waals surface area (Å²) in [6, 6.07) is 10.6. The van der Waals surface area contributed by atoms with E-state index in [-0.39, 0.29) is 5.92 Å². The van der Waals surface area contributed by atoms with Gasteiger partial charge in [-0.1, -0.05) is 31.2 Å². The highest BCUT2D eigenvalue weighted by Gasteiger charge is 2.28. The lowest BCUT2D eigenvalue weighted by atomic mass is 9.90. The Morgan fingerprint density at radius 2 is 2.10 bits per heavy atom. The molecule has 3 rings (SSSR count). The van der Waals surface area contributed by atoms with Gasteiger partial charge in [0.05, 0.1) is 6.10 Å². The zero-order valence-corrected chi connectivity index (χ0v) is 18.4. The molecule has 1 saturated heterocycles. The van der Waals surface area contributed by atoms with E-state index >= 15 is 0 Å². The normalized spacial score (nSPS) is 18.2. The van der Waals surface area contributed by atoms with Gasteiger partial charge in [0, 0.05) is 47.8 Å². The maximum absolute atomic E-state index is 11.0. The Hall–Kier alpha value is -2.79. The van der Waals surface area contributed by atoms with E-state index in [4.69, 9.17) is 5.73 Å². The van der Waals surface area contributed by atoms with Crippen molar-refractivity contribution in [1.29, 1.82) is 0 Å². The first-order chi connectivity index (χ1) is 14.4. The fourth-order valence-electron chi connectivity index (χ4n) is 4.18. The topological polar surface area (TPSA) is 74.4 Å². The molecule has 2 unspecified atom stereocenters. The molecule has 2 aromatic rings. The van der Waals surface area contributed by atoms with Crippen molar-refractivity contribution < 1.29 is 5.11 Å². The van der Waals surface area contributed by atoms with Gasteiger partial charge in [-0.05, 0) is 62.9 Å². The number of hydrogen-bond acceptors (Lipinski definition) is 5. The van der Waals surface area contributed by atoms with Crippen molar-refractivity contribution in [3.05, 3.63) is 71.2 Å². The van der Waals surface area contributed by atoms with E-state index in [1.54, 1.807) is 6.20 Å². The van der Waals surface area contributed by atoms with Gasteiger partial charge in [0.25, 0.3) is 0 Å². The lowest BCUT2D eigenvalue weighted by molar-refractivity contribution is 0.125. The number of aliphatic hydroxyl groups excluding tert-OH is 1. The van der Waals surface area contributed by atoms with Gasteiger partial charge < -0.3 is 21.1 Å². The Bertz CT molecular complexity index is 904. The molecule has 0 aliphatic carbocycles. The van der Waals surface area contributed by atoms with E-state index in [1.807, 2.05) is 19.1 Å². The van der Waals surface area contributed by atoms with E-state index in [0.717, 1.165) is 49.2 Å². The van der Waals surface area contributed by atoms with E-state index in [2.05, 4.69) is 59.9 Å². The third-order valence-corrected chi connectivity index (χ3v) is 5.87. The Labute approximate surface area is 180 Å². The molecule has 2 atom stereocenters. The highest BCUT2D eigenvalue weighted by molar-refractivity contribution is 5.61. The van der Waals surface area contributed by atoms with Gasteiger partial charge in [-0.25, -0.2) is 4.98 Å². The Kier molecular flexibility index (Phi) is 7.16. The van der Waals surface area contributed by atoms with E-state index in [9.17, 15) is 5.11 Å². The zero-order chi connectivity index (χ0) is 21.7. The summed E-state index contributed by atoms with van der Waals surface area (Å²) in [4.78, 5) is 6.53. The average molecular weight is 407 g/mol. The van der Waals surface area contributed by atoms with Crippen LogP contribution in [-0.2, 0) is 6.42 Å². The van der Waals surface area contributed by atoms with Crippen LogP contribution in [0.4, 0.5) is 11.5 Å². The van der Waals surface area contributed by atoms with Gasteiger partial charge in [-0.15, -0.1) is 0 Å². The molecule has 0 bridgehead atoms. The minimum atomic E-state index is -0.602. The second kappa shape index (κ2) is 9.81. The Balaban J connectivity index is 1.65. The van der Waals surface area contributed by atoms with E-state index in [0.29, 0.717) is 11.5 Å². The second-order valence-corrected chi connectivity index (χ2v) is 8.22. The quantitative estimate of drug-likeness (QED) is 0.640. The van der Waals surface area contributed by atoms with Crippen LogP contribution in [0.25, 0.3) is 6.08 Å². The summed E-state index contributed by atoms with van der Waals surface area (Å²) in [5.74, 6) is 0.715. The Morgan fingerprint density at radius 3 is 2.80 bits per heavy atom. The number of hydrogen-bond donors (Lipinski definition) is 3. The molecule has 0 saturated carbocycles. The summed E-state index contributed by atoms with van der Waals surface area (Å²) in [6.45, 7) is 12.1. The molecule has 4 N–H and O–H groups in total. The number of aryl methyl sites for hydroxylation is 1. The molecule has 1 aromatic carbocycles. The number of aliphatic hydroxyl groups is 1. The molecule has 0 amide bonds. The molecule has 0 radical (unpaired) electrons. The van der Waals surface area contributed by atoms with Crippen LogP contribution in [0.2, 0.25) is 0 Å². The molecule has 1 aliphatic heterocycles. The van der Waals surface area contributed by atoms with Gasteiger partial charge in [0.1, 0.15) is 5.82 Å². The lowest BCUT2D eigenvalue weighted by Crippen LogP contribution is -2.42. The lowest BCUT2D eigenvalue weighted by Gasteiger charge is -2.37. The zero-order valence-electron chi connectivity index (χ0n) is 18.4. The third kappa shape index (κ3) is 5.22. The number of nitrogens with zero attached hydrogens (tertiary/aromatic N) is 2. The first-order valence-electron chi connectivity index (χ1n) is 10.8. The fourth-order valence-corrected chi connectivity index (χ4v) is 4.18. The van der Waals surface area contributed by atoms with Gasteiger partial charge in [-0.3, -0.25) is 0 Å². The molecule has 1 aliphatic rings. The smallest absolute Gasteiger partial charge is 0.127 e. The van der Waals surface area contributed by atoms with Crippen molar-refractivity contribution in [3.63, 3.8) is 0 Å². The number of nitrogens with one attached hydrogen (secondary N) is 1. The first kappa shape index (κ1) is 21.9. The van der Waals surface area contributed by atoms with Crippen LogP contribution in [0.5, 0.6) is 0 Å². The molecule has 0 spiro atoms. The van der Waals surface area contributed by atoms with Crippen LogP contribution in [0.1, 0.15) is 43.4 Å². The summed E-state index contributed by atoms with van der Waals surface area (Å²) in [7, 11) is 0. The van der Waals surface area contributed by atoms with E-state index < -0.39 is 6.10 Å². The van der Waals surface area contributed by atoms with Gasteiger partial charge in [-0.2, -0.15) is 0 Å².